The first-order chi connectivity index (χ1) is 8.52. The number of aromatic nitrogens is 1. The molecular weight excluding hydrogens is 250 g/mol. The van der Waals surface area contributed by atoms with Crippen molar-refractivity contribution in [3.05, 3.63) is 33.2 Å². The average molecular weight is 268 g/mol. The van der Waals surface area contributed by atoms with Gasteiger partial charge in [-0.1, -0.05) is 19.3 Å². The first-order valence-electron chi connectivity index (χ1n) is 6.45. The number of pyridine rings is 1. The normalized spacial score (nSPS) is 16.8. The second-order valence-electron chi connectivity index (χ2n) is 5.08. The summed E-state index contributed by atoms with van der Waals surface area (Å²) in [6, 6.07) is 2.10. The Kier molecular flexibility index (Phi) is 3.91. The lowest BCUT2D eigenvalue weighted by molar-refractivity contribution is 0.107. The Balaban J connectivity index is 2.56. The molecule has 0 atom stereocenters. The fourth-order valence-corrected chi connectivity index (χ4v) is 3.17. The zero-order valence-electron chi connectivity index (χ0n) is 10.8. The summed E-state index contributed by atoms with van der Waals surface area (Å²) in [6.07, 6.45) is 5.56. The van der Waals surface area contributed by atoms with Gasteiger partial charge in [-0.2, -0.15) is 0 Å². The molecule has 4 heteroatoms. The quantitative estimate of drug-likeness (QED) is 0.771. The summed E-state index contributed by atoms with van der Waals surface area (Å²) in [5, 5.41) is -0.651. The van der Waals surface area contributed by atoms with E-state index in [0.29, 0.717) is 5.56 Å². The van der Waals surface area contributed by atoms with E-state index in [1.165, 1.54) is 6.42 Å². The van der Waals surface area contributed by atoms with E-state index in [4.69, 9.17) is 11.6 Å². The number of rotatable bonds is 2. The molecule has 1 saturated carbocycles. The minimum atomic E-state index is -0.651. The summed E-state index contributed by atoms with van der Waals surface area (Å²) in [7, 11) is 0. The molecular formula is C14H18ClNO2. The van der Waals surface area contributed by atoms with Crippen molar-refractivity contribution in [3.63, 3.8) is 0 Å². The molecule has 0 aliphatic heterocycles. The molecule has 1 aromatic heterocycles. The van der Waals surface area contributed by atoms with Crippen molar-refractivity contribution in [2.75, 3.05) is 0 Å². The van der Waals surface area contributed by atoms with Crippen molar-refractivity contribution < 1.29 is 4.79 Å². The summed E-state index contributed by atoms with van der Waals surface area (Å²) in [6.45, 7) is 3.68. The van der Waals surface area contributed by atoms with E-state index in [2.05, 4.69) is 0 Å². The first kappa shape index (κ1) is 13.3. The third kappa shape index (κ3) is 2.37. The molecule has 18 heavy (non-hydrogen) atoms. The number of nitrogens with zero attached hydrogens (tertiary/aromatic N) is 1. The van der Waals surface area contributed by atoms with E-state index in [9.17, 15) is 9.59 Å². The number of carbonyl (C=O) groups is 1. The zero-order chi connectivity index (χ0) is 13.3. The summed E-state index contributed by atoms with van der Waals surface area (Å²) in [4.78, 5) is 23.8. The van der Waals surface area contributed by atoms with Crippen LogP contribution in [0.15, 0.2) is 10.9 Å². The fraction of sp³-hybridized carbons (Fsp3) is 0.571. The van der Waals surface area contributed by atoms with E-state index in [1.54, 1.807) is 11.5 Å². The van der Waals surface area contributed by atoms with Crippen LogP contribution in [0.2, 0.25) is 0 Å². The van der Waals surface area contributed by atoms with Gasteiger partial charge >= 0.3 is 0 Å². The molecule has 1 aliphatic carbocycles. The van der Waals surface area contributed by atoms with Crippen LogP contribution in [0.4, 0.5) is 0 Å². The van der Waals surface area contributed by atoms with Gasteiger partial charge in [-0.15, -0.1) is 0 Å². The molecule has 1 fully saturated rings. The minimum absolute atomic E-state index is 0.132. The Morgan fingerprint density at radius 2 is 1.89 bits per heavy atom. The predicted octanol–water partition coefficient (Wildman–Crippen LogP) is 3.35. The molecule has 1 heterocycles. The van der Waals surface area contributed by atoms with Gasteiger partial charge in [-0.05, 0) is 49.9 Å². The fourth-order valence-electron chi connectivity index (χ4n) is 2.94. The maximum atomic E-state index is 12.4. The number of carbonyl (C=O) groups excluding carboxylic acids is 1. The van der Waals surface area contributed by atoms with Gasteiger partial charge in [0.05, 0.1) is 0 Å². The lowest BCUT2D eigenvalue weighted by Gasteiger charge is -2.26. The highest BCUT2D eigenvalue weighted by molar-refractivity contribution is 6.67. The number of hydrogen-bond acceptors (Lipinski definition) is 2. The highest BCUT2D eigenvalue weighted by Crippen LogP contribution is 2.28. The van der Waals surface area contributed by atoms with E-state index in [1.807, 2.05) is 13.0 Å². The van der Waals surface area contributed by atoms with Crippen LogP contribution in [0, 0.1) is 13.8 Å². The largest absolute Gasteiger partial charge is 0.309 e. The predicted molar refractivity (Wildman–Crippen MR) is 72.5 cm³/mol. The van der Waals surface area contributed by atoms with Gasteiger partial charge in [0.1, 0.15) is 5.56 Å². The van der Waals surface area contributed by atoms with E-state index < -0.39 is 5.24 Å². The third-order valence-electron chi connectivity index (χ3n) is 3.77. The molecule has 0 radical (unpaired) electrons. The molecule has 0 spiro atoms. The Morgan fingerprint density at radius 3 is 2.44 bits per heavy atom. The van der Waals surface area contributed by atoms with Crippen molar-refractivity contribution in [1.82, 2.24) is 4.57 Å². The van der Waals surface area contributed by atoms with Gasteiger partial charge in [0.2, 0.25) is 0 Å². The number of hydrogen-bond donors (Lipinski definition) is 0. The topological polar surface area (TPSA) is 39.1 Å². The zero-order valence-corrected chi connectivity index (χ0v) is 11.6. The van der Waals surface area contributed by atoms with Crippen molar-refractivity contribution in [1.29, 1.82) is 0 Å². The van der Waals surface area contributed by atoms with Gasteiger partial charge in [-0.3, -0.25) is 9.59 Å². The molecule has 2 rings (SSSR count). The Labute approximate surface area is 112 Å². The lowest BCUT2D eigenvalue weighted by Crippen LogP contribution is -2.32. The van der Waals surface area contributed by atoms with Gasteiger partial charge in [-0.25, -0.2) is 0 Å². The van der Waals surface area contributed by atoms with Crippen molar-refractivity contribution >= 4 is 16.8 Å². The highest BCUT2D eigenvalue weighted by atomic mass is 35.5. The molecule has 0 bridgehead atoms. The maximum Gasteiger partial charge on any atom is 0.263 e. The molecule has 0 aromatic carbocycles. The van der Waals surface area contributed by atoms with E-state index >= 15 is 0 Å². The minimum Gasteiger partial charge on any atom is -0.309 e. The highest BCUT2D eigenvalue weighted by Gasteiger charge is 2.22. The molecule has 0 amide bonds. The van der Waals surface area contributed by atoms with Gasteiger partial charge < -0.3 is 4.57 Å². The van der Waals surface area contributed by atoms with Gasteiger partial charge in [0.15, 0.2) is 0 Å². The third-order valence-corrected chi connectivity index (χ3v) is 3.96. The van der Waals surface area contributed by atoms with E-state index in [-0.39, 0.29) is 17.2 Å². The molecule has 98 valence electrons. The Hall–Kier alpha value is -1.09. The summed E-state index contributed by atoms with van der Waals surface area (Å²) < 4.78 is 1.77. The van der Waals surface area contributed by atoms with Crippen LogP contribution < -0.4 is 5.56 Å². The summed E-state index contributed by atoms with van der Waals surface area (Å²) >= 11 is 5.52. The summed E-state index contributed by atoms with van der Waals surface area (Å²) in [5.41, 5.74) is 1.50. The molecule has 0 N–H and O–H groups in total. The van der Waals surface area contributed by atoms with Crippen LogP contribution in [-0.4, -0.2) is 9.81 Å². The molecule has 0 unspecified atom stereocenters. The van der Waals surface area contributed by atoms with Crippen molar-refractivity contribution in [2.45, 2.75) is 52.0 Å². The van der Waals surface area contributed by atoms with Crippen LogP contribution in [0.3, 0.4) is 0 Å². The molecule has 1 aliphatic rings. The SMILES string of the molecule is Cc1cc(C)n(C2CCCCC2)c(=O)c1C(=O)Cl. The second kappa shape index (κ2) is 5.27. The van der Waals surface area contributed by atoms with Gasteiger partial charge in [0.25, 0.3) is 10.8 Å². The second-order valence-corrected chi connectivity index (χ2v) is 5.43. The number of halogens is 1. The first-order valence-corrected chi connectivity index (χ1v) is 6.82. The average Bonchev–Trinajstić information content (AvgIpc) is 2.28. The summed E-state index contributed by atoms with van der Waals surface area (Å²) in [5.74, 6) is 0. The molecule has 1 aromatic rings. The monoisotopic (exact) mass is 267 g/mol. The van der Waals surface area contributed by atoms with Crippen molar-refractivity contribution in [2.24, 2.45) is 0 Å². The van der Waals surface area contributed by atoms with Crippen LogP contribution in [0.1, 0.15) is 59.8 Å². The number of aryl methyl sites for hydroxylation is 2. The Morgan fingerprint density at radius 1 is 1.28 bits per heavy atom. The standard InChI is InChI=1S/C14H18ClNO2/c1-9-8-10(2)16(11-6-4-3-5-7-11)14(18)12(9)13(15)17/h8,11H,3-7H2,1-2H3. The smallest absolute Gasteiger partial charge is 0.263 e. The van der Waals surface area contributed by atoms with Crippen LogP contribution >= 0.6 is 11.6 Å². The van der Waals surface area contributed by atoms with Crippen LogP contribution in [0.5, 0.6) is 0 Å². The maximum absolute atomic E-state index is 12.4. The van der Waals surface area contributed by atoms with Gasteiger partial charge in [0, 0.05) is 11.7 Å². The molecule has 3 nitrogen and oxygen atoms in total. The van der Waals surface area contributed by atoms with Crippen LogP contribution in [0.25, 0.3) is 0 Å². The molecule has 0 saturated heterocycles. The van der Waals surface area contributed by atoms with Crippen LogP contribution in [-0.2, 0) is 0 Å². The van der Waals surface area contributed by atoms with Crippen molar-refractivity contribution in [3.8, 4) is 0 Å². The Bertz CT molecular complexity index is 527. The van der Waals surface area contributed by atoms with E-state index in [0.717, 1.165) is 31.4 Å². The lowest BCUT2D eigenvalue weighted by atomic mass is 9.94.